The maximum Gasteiger partial charge on any atom is 0.262 e. The summed E-state index contributed by atoms with van der Waals surface area (Å²) < 4.78 is 0. The van der Waals surface area contributed by atoms with Crippen LogP contribution in [0.5, 0.6) is 0 Å². The molecule has 2 aromatic rings. The van der Waals surface area contributed by atoms with Crippen molar-refractivity contribution in [1.82, 2.24) is 10.2 Å². The standard InChI is InChI=1S/C20H16Cl2N2O3/c21-15-8-13-14(9-16(15)22)20(27)24(19(13)26)10-18(25)23-17-7-3-5-11-4-1-2-6-12(11)17/h1-2,4,6,8-9,17H,3,5,7,10H2,(H,23,25)/t17-/m0/s1. The fourth-order valence-electron chi connectivity index (χ4n) is 3.71. The molecule has 0 spiro atoms. The van der Waals surface area contributed by atoms with Crippen molar-refractivity contribution >= 4 is 40.9 Å². The fourth-order valence-corrected chi connectivity index (χ4v) is 4.04. The number of halogens is 2. The Morgan fingerprint density at radius 2 is 1.70 bits per heavy atom. The number of rotatable bonds is 3. The van der Waals surface area contributed by atoms with E-state index in [0.29, 0.717) is 0 Å². The molecule has 2 aliphatic rings. The Balaban J connectivity index is 1.50. The van der Waals surface area contributed by atoms with Crippen LogP contribution in [0, 0.1) is 0 Å². The topological polar surface area (TPSA) is 66.5 Å². The summed E-state index contributed by atoms with van der Waals surface area (Å²) in [4.78, 5) is 38.5. The lowest BCUT2D eigenvalue weighted by atomic mass is 9.88. The van der Waals surface area contributed by atoms with Crippen molar-refractivity contribution in [1.29, 1.82) is 0 Å². The average molecular weight is 403 g/mol. The second kappa shape index (κ2) is 6.98. The largest absolute Gasteiger partial charge is 0.348 e. The minimum absolute atomic E-state index is 0.110. The molecule has 0 saturated carbocycles. The van der Waals surface area contributed by atoms with Gasteiger partial charge in [-0.2, -0.15) is 0 Å². The number of nitrogens with zero attached hydrogens (tertiary/aromatic N) is 1. The highest BCUT2D eigenvalue weighted by Crippen LogP contribution is 2.32. The molecule has 4 rings (SSSR count). The molecule has 138 valence electrons. The Morgan fingerprint density at radius 3 is 2.37 bits per heavy atom. The number of aryl methyl sites for hydroxylation is 1. The summed E-state index contributed by atoms with van der Waals surface area (Å²) in [6, 6.07) is 10.6. The molecule has 2 aromatic carbocycles. The normalized spacial score (nSPS) is 18.3. The second-order valence-corrected chi connectivity index (χ2v) is 7.53. The van der Waals surface area contributed by atoms with Crippen LogP contribution in [0.1, 0.15) is 50.7 Å². The number of fused-ring (bicyclic) bond motifs is 2. The number of hydrogen-bond donors (Lipinski definition) is 1. The molecule has 3 amide bonds. The molecule has 1 aliphatic carbocycles. The van der Waals surface area contributed by atoms with Gasteiger partial charge in [-0.25, -0.2) is 0 Å². The highest BCUT2D eigenvalue weighted by atomic mass is 35.5. The maximum atomic E-state index is 12.5. The third kappa shape index (κ3) is 3.22. The summed E-state index contributed by atoms with van der Waals surface area (Å²) in [5, 5.41) is 3.35. The van der Waals surface area contributed by atoms with Crippen molar-refractivity contribution < 1.29 is 14.4 Å². The van der Waals surface area contributed by atoms with E-state index in [0.717, 1.165) is 29.7 Å². The summed E-state index contributed by atoms with van der Waals surface area (Å²) in [5.41, 5.74) is 2.66. The predicted molar refractivity (Wildman–Crippen MR) is 102 cm³/mol. The molecule has 0 fully saturated rings. The fraction of sp³-hybridized carbons (Fsp3) is 0.250. The molecule has 1 aliphatic heterocycles. The number of imide groups is 1. The van der Waals surface area contributed by atoms with Crippen molar-refractivity contribution in [2.45, 2.75) is 25.3 Å². The molecule has 7 heteroatoms. The molecule has 0 bridgehead atoms. The Morgan fingerprint density at radius 1 is 1.07 bits per heavy atom. The van der Waals surface area contributed by atoms with Crippen molar-refractivity contribution in [3.05, 3.63) is 68.7 Å². The quantitative estimate of drug-likeness (QED) is 0.794. The highest BCUT2D eigenvalue weighted by Gasteiger charge is 2.37. The molecular weight excluding hydrogens is 387 g/mol. The van der Waals surface area contributed by atoms with E-state index in [1.165, 1.54) is 17.7 Å². The van der Waals surface area contributed by atoms with E-state index in [-0.39, 0.29) is 39.7 Å². The van der Waals surface area contributed by atoms with Crippen molar-refractivity contribution in [2.24, 2.45) is 0 Å². The van der Waals surface area contributed by atoms with Gasteiger partial charge in [0.1, 0.15) is 6.54 Å². The van der Waals surface area contributed by atoms with E-state index in [1.54, 1.807) is 0 Å². The van der Waals surface area contributed by atoms with Gasteiger partial charge in [-0.05, 0) is 42.5 Å². The van der Waals surface area contributed by atoms with E-state index in [9.17, 15) is 14.4 Å². The molecule has 0 aromatic heterocycles. The van der Waals surface area contributed by atoms with Crippen molar-refractivity contribution in [3.8, 4) is 0 Å². The van der Waals surface area contributed by atoms with Gasteiger partial charge in [0, 0.05) is 0 Å². The third-order valence-corrected chi connectivity index (χ3v) is 5.74. The van der Waals surface area contributed by atoms with Gasteiger partial charge in [-0.1, -0.05) is 47.5 Å². The van der Waals surface area contributed by atoms with E-state index < -0.39 is 11.8 Å². The minimum atomic E-state index is -0.534. The second-order valence-electron chi connectivity index (χ2n) is 6.72. The van der Waals surface area contributed by atoms with Gasteiger partial charge in [0.15, 0.2) is 0 Å². The summed E-state index contributed by atoms with van der Waals surface area (Å²) in [5.74, 6) is -1.44. The van der Waals surface area contributed by atoms with Gasteiger partial charge in [-0.3, -0.25) is 19.3 Å². The van der Waals surface area contributed by atoms with Crippen molar-refractivity contribution in [2.75, 3.05) is 6.54 Å². The first kappa shape index (κ1) is 18.0. The Hall–Kier alpha value is -2.37. The summed E-state index contributed by atoms with van der Waals surface area (Å²) in [6.07, 6.45) is 2.80. The molecule has 0 unspecified atom stereocenters. The number of nitrogens with one attached hydrogen (secondary N) is 1. The first-order valence-electron chi connectivity index (χ1n) is 8.68. The monoisotopic (exact) mass is 402 g/mol. The number of carbonyl (C=O) groups excluding carboxylic acids is 3. The zero-order chi connectivity index (χ0) is 19.1. The van der Waals surface area contributed by atoms with E-state index >= 15 is 0 Å². The zero-order valence-corrected chi connectivity index (χ0v) is 15.8. The summed E-state index contributed by atoms with van der Waals surface area (Å²) in [7, 11) is 0. The van der Waals surface area contributed by atoms with Crippen LogP contribution in [0.15, 0.2) is 36.4 Å². The SMILES string of the molecule is O=C(CN1C(=O)c2cc(Cl)c(Cl)cc2C1=O)N[C@H]1CCCc2ccccc21. The lowest BCUT2D eigenvalue weighted by Gasteiger charge is -2.27. The van der Waals surface area contributed by atoms with Crippen LogP contribution in [0.4, 0.5) is 0 Å². The van der Waals surface area contributed by atoms with Crippen LogP contribution in [0.3, 0.4) is 0 Å². The first-order valence-corrected chi connectivity index (χ1v) is 9.43. The predicted octanol–water partition coefficient (Wildman–Crippen LogP) is 3.78. The molecule has 5 nitrogen and oxygen atoms in total. The lowest BCUT2D eigenvalue weighted by molar-refractivity contribution is -0.122. The van der Waals surface area contributed by atoms with Crippen LogP contribution in [-0.2, 0) is 11.2 Å². The molecule has 1 heterocycles. The average Bonchev–Trinajstić information content (AvgIpc) is 2.87. The third-order valence-electron chi connectivity index (χ3n) is 5.02. The van der Waals surface area contributed by atoms with E-state index in [1.807, 2.05) is 18.2 Å². The van der Waals surface area contributed by atoms with E-state index in [2.05, 4.69) is 11.4 Å². The Kier molecular flexibility index (Phi) is 4.66. The molecule has 1 atom stereocenters. The van der Waals surface area contributed by atoms with E-state index in [4.69, 9.17) is 23.2 Å². The smallest absolute Gasteiger partial charge is 0.262 e. The lowest BCUT2D eigenvalue weighted by Crippen LogP contribution is -2.42. The van der Waals surface area contributed by atoms with Gasteiger partial charge in [-0.15, -0.1) is 0 Å². The Labute approximate surface area is 166 Å². The highest BCUT2D eigenvalue weighted by molar-refractivity contribution is 6.43. The number of benzene rings is 2. The van der Waals surface area contributed by atoms with Crippen LogP contribution in [0.2, 0.25) is 10.0 Å². The minimum Gasteiger partial charge on any atom is -0.348 e. The molecule has 0 radical (unpaired) electrons. The number of amides is 3. The first-order chi connectivity index (χ1) is 13.0. The van der Waals surface area contributed by atoms with Gasteiger partial charge < -0.3 is 5.32 Å². The molecule has 0 saturated heterocycles. The number of hydrogen-bond acceptors (Lipinski definition) is 3. The van der Waals surface area contributed by atoms with Gasteiger partial charge in [0.05, 0.1) is 27.2 Å². The van der Waals surface area contributed by atoms with Crippen molar-refractivity contribution in [3.63, 3.8) is 0 Å². The maximum absolute atomic E-state index is 12.5. The zero-order valence-electron chi connectivity index (χ0n) is 14.3. The molecular formula is C20H16Cl2N2O3. The Bertz CT molecular complexity index is 933. The van der Waals surface area contributed by atoms with Crippen LogP contribution in [-0.4, -0.2) is 29.2 Å². The van der Waals surface area contributed by atoms with Crippen LogP contribution < -0.4 is 5.32 Å². The van der Waals surface area contributed by atoms with Gasteiger partial charge >= 0.3 is 0 Å². The van der Waals surface area contributed by atoms with Gasteiger partial charge in [0.25, 0.3) is 11.8 Å². The summed E-state index contributed by atoms with van der Waals surface area (Å²) in [6.45, 7) is -0.333. The van der Waals surface area contributed by atoms with Gasteiger partial charge in [0.2, 0.25) is 5.91 Å². The number of carbonyl (C=O) groups is 3. The van der Waals surface area contributed by atoms with Crippen LogP contribution in [0.25, 0.3) is 0 Å². The van der Waals surface area contributed by atoms with Crippen LogP contribution >= 0.6 is 23.2 Å². The summed E-state index contributed by atoms with van der Waals surface area (Å²) >= 11 is 11.9. The molecule has 1 N–H and O–H groups in total. The molecule has 27 heavy (non-hydrogen) atoms.